The molecule has 0 saturated carbocycles. The third-order valence-electron chi connectivity index (χ3n) is 3.81. The molecule has 0 atom stereocenters. The van der Waals surface area contributed by atoms with Gasteiger partial charge in [0.05, 0.1) is 6.54 Å². The van der Waals surface area contributed by atoms with Gasteiger partial charge in [0, 0.05) is 0 Å². The Bertz CT molecular complexity index is 908. The minimum Gasteiger partial charge on any atom is -0.471 e. The van der Waals surface area contributed by atoms with Crippen molar-refractivity contribution < 1.29 is 9.13 Å². The quantitative estimate of drug-likeness (QED) is 0.774. The first kappa shape index (κ1) is 16.5. The number of aromatic nitrogens is 2. The van der Waals surface area contributed by atoms with Crippen LogP contribution in [0.4, 0.5) is 10.2 Å². The monoisotopic (exact) mass is 336 g/mol. The van der Waals surface area contributed by atoms with Crippen molar-refractivity contribution in [2.45, 2.75) is 20.1 Å². The maximum absolute atomic E-state index is 13.0. The van der Waals surface area contributed by atoms with Crippen LogP contribution in [0.25, 0.3) is 0 Å². The highest BCUT2D eigenvalue weighted by molar-refractivity contribution is 5.55. The van der Waals surface area contributed by atoms with E-state index < -0.39 is 0 Å². The van der Waals surface area contributed by atoms with Gasteiger partial charge >= 0.3 is 0 Å². The SMILES string of the molecule is Cc1ccc(COc2nn(Cc3ccc(F)cc3)c(N)c2C#N)cc1. The van der Waals surface area contributed by atoms with Crippen LogP contribution in [0, 0.1) is 24.1 Å². The predicted molar refractivity (Wildman–Crippen MR) is 92.4 cm³/mol. The summed E-state index contributed by atoms with van der Waals surface area (Å²) in [7, 11) is 0. The number of nitrogens with zero attached hydrogens (tertiary/aromatic N) is 3. The number of aryl methyl sites for hydroxylation is 1. The molecular formula is C19H17FN4O. The van der Waals surface area contributed by atoms with E-state index in [1.807, 2.05) is 37.3 Å². The highest BCUT2D eigenvalue weighted by Gasteiger charge is 2.17. The van der Waals surface area contributed by atoms with E-state index in [0.29, 0.717) is 13.2 Å². The topological polar surface area (TPSA) is 76.9 Å². The largest absolute Gasteiger partial charge is 0.471 e. The zero-order valence-electron chi connectivity index (χ0n) is 13.7. The van der Waals surface area contributed by atoms with Crippen molar-refractivity contribution in [3.8, 4) is 11.9 Å². The molecule has 1 aromatic heterocycles. The molecule has 0 aliphatic rings. The van der Waals surface area contributed by atoms with Gasteiger partial charge in [-0.2, -0.15) is 5.26 Å². The Labute approximate surface area is 145 Å². The van der Waals surface area contributed by atoms with E-state index in [1.165, 1.54) is 16.8 Å². The molecule has 0 saturated heterocycles. The van der Waals surface area contributed by atoms with Crippen molar-refractivity contribution in [3.63, 3.8) is 0 Å². The second kappa shape index (κ2) is 7.05. The Hall–Kier alpha value is -3.33. The molecule has 0 spiro atoms. The lowest BCUT2D eigenvalue weighted by Gasteiger charge is -2.04. The lowest BCUT2D eigenvalue weighted by Crippen LogP contribution is -2.06. The molecule has 0 aliphatic carbocycles. The van der Waals surface area contributed by atoms with E-state index in [-0.39, 0.29) is 23.1 Å². The summed E-state index contributed by atoms with van der Waals surface area (Å²) >= 11 is 0. The molecular weight excluding hydrogens is 319 g/mol. The lowest BCUT2D eigenvalue weighted by atomic mass is 10.2. The van der Waals surface area contributed by atoms with Crippen LogP contribution in [-0.4, -0.2) is 9.78 Å². The van der Waals surface area contributed by atoms with Crippen molar-refractivity contribution in [1.29, 1.82) is 5.26 Å². The number of nitrogen functional groups attached to an aromatic ring is 1. The summed E-state index contributed by atoms with van der Waals surface area (Å²) in [5.41, 5.74) is 9.17. The number of rotatable bonds is 5. The van der Waals surface area contributed by atoms with Gasteiger partial charge in [0.25, 0.3) is 5.88 Å². The number of anilines is 1. The van der Waals surface area contributed by atoms with E-state index in [1.54, 1.807) is 12.1 Å². The number of nitrogens with two attached hydrogens (primary N) is 1. The molecule has 0 aliphatic heterocycles. The van der Waals surface area contributed by atoms with Crippen LogP contribution < -0.4 is 10.5 Å². The van der Waals surface area contributed by atoms with Crippen LogP contribution in [0.5, 0.6) is 5.88 Å². The van der Waals surface area contributed by atoms with Gasteiger partial charge in [-0.25, -0.2) is 9.07 Å². The van der Waals surface area contributed by atoms with Crippen LogP contribution in [0.2, 0.25) is 0 Å². The Morgan fingerprint density at radius 3 is 2.40 bits per heavy atom. The number of halogens is 1. The fourth-order valence-corrected chi connectivity index (χ4v) is 2.38. The molecule has 2 N–H and O–H groups in total. The number of benzene rings is 2. The fraction of sp³-hybridized carbons (Fsp3) is 0.158. The summed E-state index contributed by atoms with van der Waals surface area (Å²) in [5, 5.41) is 13.6. The van der Waals surface area contributed by atoms with Gasteiger partial charge in [-0.1, -0.05) is 42.0 Å². The van der Waals surface area contributed by atoms with Crippen molar-refractivity contribution in [2.75, 3.05) is 5.73 Å². The highest BCUT2D eigenvalue weighted by Crippen LogP contribution is 2.24. The molecule has 5 nitrogen and oxygen atoms in total. The molecule has 3 rings (SSSR count). The normalized spacial score (nSPS) is 10.4. The van der Waals surface area contributed by atoms with Crippen molar-refractivity contribution in [3.05, 3.63) is 76.6 Å². The van der Waals surface area contributed by atoms with Gasteiger partial charge in [-0.15, -0.1) is 5.10 Å². The van der Waals surface area contributed by atoms with E-state index in [9.17, 15) is 9.65 Å². The molecule has 1 heterocycles. The smallest absolute Gasteiger partial charge is 0.253 e. The molecule has 0 fully saturated rings. The minimum atomic E-state index is -0.308. The highest BCUT2D eigenvalue weighted by atomic mass is 19.1. The summed E-state index contributed by atoms with van der Waals surface area (Å²) in [6.07, 6.45) is 0. The third-order valence-corrected chi connectivity index (χ3v) is 3.81. The number of nitriles is 1. The summed E-state index contributed by atoms with van der Waals surface area (Å²) < 4.78 is 20.2. The van der Waals surface area contributed by atoms with Crippen molar-refractivity contribution in [1.82, 2.24) is 9.78 Å². The number of hydrogen-bond acceptors (Lipinski definition) is 4. The van der Waals surface area contributed by atoms with Gasteiger partial charge in [-0.3, -0.25) is 0 Å². The number of hydrogen-bond donors (Lipinski definition) is 1. The fourth-order valence-electron chi connectivity index (χ4n) is 2.38. The van der Waals surface area contributed by atoms with Gasteiger partial charge in [0.15, 0.2) is 5.56 Å². The summed E-state index contributed by atoms with van der Waals surface area (Å²) in [6.45, 7) is 2.63. The first-order valence-electron chi connectivity index (χ1n) is 7.76. The summed E-state index contributed by atoms with van der Waals surface area (Å²) in [4.78, 5) is 0. The van der Waals surface area contributed by atoms with Gasteiger partial charge in [-0.05, 0) is 30.2 Å². The molecule has 25 heavy (non-hydrogen) atoms. The average Bonchev–Trinajstić information content (AvgIpc) is 2.91. The van der Waals surface area contributed by atoms with Crippen LogP contribution >= 0.6 is 0 Å². The zero-order chi connectivity index (χ0) is 17.8. The molecule has 0 radical (unpaired) electrons. The second-order valence-electron chi connectivity index (χ2n) is 5.74. The predicted octanol–water partition coefficient (Wildman–Crippen LogP) is 3.41. The van der Waals surface area contributed by atoms with Crippen LogP contribution in [0.3, 0.4) is 0 Å². The molecule has 0 amide bonds. The van der Waals surface area contributed by atoms with Crippen LogP contribution in [0.1, 0.15) is 22.3 Å². The first-order chi connectivity index (χ1) is 12.1. The Morgan fingerprint density at radius 2 is 1.76 bits per heavy atom. The van der Waals surface area contributed by atoms with Gasteiger partial charge in [0.2, 0.25) is 0 Å². The zero-order valence-corrected chi connectivity index (χ0v) is 13.7. The summed E-state index contributed by atoms with van der Waals surface area (Å²) in [6, 6.07) is 16.0. The summed E-state index contributed by atoms with van der Waals surface area (Å²) in [5.74, 6) is 0.116. The van der Waals surface area contributed by atoms with Crippen molar-refractivity contribution in [2.24, 2.45) is 0 Å². The van der Waals surface area contributed by atoms with Gasteiger partial charge in [0.1, 0.15) is 24.3 Å². The Morgan fingerprint density at radius 1 is 1.12 bits per heavy atom. The molecule has 0 bridgehead atoms. The third kappa shape index (κ3) is 3.78. The van der Waals surface area contributed by atoms with E-state index >= 15 is 0 Å². The molecule has 0 unspecified atom stereocenters. The average molecular weight is 336 g/mol. The lowest BCUT2D eigenvalue weighted by molar-refractivity contribution is 0.289. The van der Waals surface area contributed by atoms with Gasteiger partial charge < -0.3 is 10.5 Å². The molecule has 2 aromatic carbocycles. The molecule has 6 heteroatoms. The van der Waals surface area contributed by atoms with E-state index in [0.717, 1.165) is 16.7 Å². The molecule has 3 aromatic rings. The Kier molecular flexibility index (Phi) is 4.66. The van der Waals surface area contributed by atoms with E-state index in [2.05, 4.69) is 5.10 Å². The maximum Gasteiger partial charge on any atom is 0.253 e. The standard InChI is InChI=1S/C19H17FN4O/c1-13-2-4-15(5-3-13)12-25-19-17(10-21)18(22)24(23-19)11-14-6-8-16(20)9-7-14/h2-9H,11-12,22H2,1H3. The van der Waals surface area contributed by atoms with Crippen molar-refractivity contribution >= 4 is 5.82 Å². The maximum atomic E-state index is 13.0. The van der Waals surface area contributed by atoms with Crippen LogP contribution in [0.15, 0.2) is 48.5 Å². The molecule has 126 valence electrons. The second-order valence-corrected chi connectivity index (χ2v) is 5.74. The van der Waals surface area contributed by atoms with E-state index in [4.69, 9.17) is 10.5 Å². The minimum absolute atomic E-state index is 0.197. The van der Waals surface area contributed by atoms with Crippen LogP contribution in [-0.2, 0) is 13.2 Å². The number of ether oxygens (including phenoxy) is 1. The Balaban J connectivity index is 1.79. The first-order valence-corrected chi connectivity index (χ1v) is 7.76.